The summed E-state index contributed by atoms with van der Waals surface area (Å²) in [5.74, 6) is 0.537. The van der Waals surface area contributed by atoms with Crippen molar-refractivity contribution >= 4 is 21.6 Å². The molecule has 0 saturated carbocycles. The highest BCUT2D eigenvalue weighted by Gasteiger charge is 2.17. The van der Waals surface area contributed by atoms with Crippen LogP contribution in [0.1, 0.15) is 17.9 Å². The van der Waals surface area contributed by atoms with E-state index in [0.717, 1.165) is 29.8 Å². The third-order valence-electron chi connectivity index (χ3n) is 2.42. The van der Waals surface area contributed by atoms with Crippen LogP contribution in [-0.4, -0.2) is 13.2 Å². The number of hydrogen-bond acceptors (Lipinski definition) is 2. The second-order valence-electron chi connectivity index (χ2n) is 3.34. The second kappa shape index (κ2) is 3.68. The molecule has 3 heteroatoms. The lowest BCUT2D eigenvalue weighted by molar-refractivity contribution is 0.194. The summed E-state index contributed by atoms with van der Waals surface area (Å²) in [6, 6.07) is 6.15. The Morgan fingerprint density at radius 2 is 2.31 bits per heavy atom. The molecule has 0 aromatic heterocycles. The highest BCUT2D eigenvalue weighted by Crippen LogP contribution is 2.29. The lowest BCUT2D eigenvalue weighted by atomic mass is 9.98. The zero-order chi connectivity index (χ0) is 9.26. The van der Waals surface area contributed by atoms with Crippen molar-refractivity contribution in [3.63, 3.8) is 0 Å². The van der Waals surface area contributed by atoms with Gasteiger partial charge in [-0.2, -0.15) is 0 Å². The largest absolute Gasteiger partial charge is 0.398 e. The fraction of sp³-hybridized carbons (Fsp3) is 0.400. The Bertz CT molecular complexity index is 308. The number of benzene rings is 1. The van der Waals surface area contributed by atoms with E-state index in [0.29, 0.717) is 5.92 Å². The molecular formula is C10H12BrNO. The van der Waals surface area contributed by atoms with Crippen LogP contribution in [0.15, 0.2) is 22.7 Å². The third kappa shape index (κ3) is 1.86. The van der Waals surface area contributed by atoms with Crippen molar-refractivity contribution < 1.29 is 4.74 Å². The van der Waals surface area contributed by atoms with Gasteiger partial charge in [0, 0.05) is 22.7 Å². The van der Waals surface area contributed by atoms with Gasteiger partial charge in [0.2, 0.25) is 0 Å². The highest BCUT2D eigenvalue weighted by atomic mass is 79.9. The molecule has 1 heterocycles. The SMILES string of the molecule is Nc1cc(C2CCOC2)ccc1Br. The predicted molar refractivity (Wildman–Crippen MR) is 56.7 cm³/mol. The first-order valence-electron chi connectivity index (χ1n) is 4.40. The molecule has 2 N–H and O–H groups in total. The Labute approximate surface area is 86.2 Å². The first-order valence-corrected chi connectivity index (χ1v) is 5.19. The Kier molecular flexibility index (Phi) is 2.56. The molecule has 1 fully saturated rings. The molecule has 1 aromatic rings. The van der Waals surface area contributed by atoms with Crippen molar-refractivity contribution in [1.82, 2.24) is 0 Å². The number of nitrogen functional groups attached to an aromatic ring is 1. The summed E-state index contributed by atoms with van der Waals surface area (Å²) < 4.78 is 6.30. The number of anilines is 1. The second-order valence-corrected chi connectivity index (χ2v) is 4.20. The van der Waals surface area contributed by atoms with Crippen LogP contribution in [0.3, 0.4) is 0 Å². The average Bonchev–Trinajstić information content (AvgIpc) is 2.62. The van der Waals surface area contributed by atoms with Gasteiger partial charge in [-0.1, -0.05) is 6.07 Å². The molecule has 0 bridgehead atoms. The zero-order valence-electron chi connectivity index (χ0n) is 7.29. The number of halogens is 1. The van der Waals surface area contributed by atoms with Gasteiger partial charge >= 0.3 is 0 Å². The van der Waals surface area contributed by atoms with E-state index in [4.69, 9.17) is 10.5 Å². The van der Waals surface area contributed by atoms with Crippen molar-refractivity contribution in [2.75, 3.05) is 18.9 Å². The molecule has 1 saturated heterocycles. The molecule has 0 radical (unpaired) electrons. The van der Waals surface area contributed by atoms with Crippen molar-refractivity contribution in [2.24, 2.45) is 0 Å². The fourth-order valence-electron chi connectivity index (χ4n) is 1.61. The van der Waals surface area contributed by atoms with Crippen LogP contribution in [-0.2, 0) is 4.74 Å². The van der Waals surface area contributed by atoms with Crippen molar-refractivity contribution in [1.29, 1.82) is 0 Å². The zero-order valence-corrected chi connectivity index (χ0v) is 8.88. The van der Waals surface area contributed by atoms with E-state index in [1.807, 2.05) is 12.1 Å². The van der Waals surface area contributed by atoms with Gasteiger partial charge in [0.1, 0.15) is 0 Å². The fourth-order valence-corrected chi connectivity index (χ4v) is 1.86. The summed E-state index contributed by atoms with van der Waals surface area (Å²) in [5, 5.41) is 0. The van der Waals surface area contributed by atoms with Crippen LogP contribution in [0.2, 0.25) is 0 Å². The van der Waals surface area contributed by atoms with Crippen LogP contribution in [0.25, 0.3) is 0 Å². The predicted octanol–water partition coefficient (Wildman–Crippen LogP) is 2.54. The molecule has 2 rings (SSSR count). The molecule has 1 aromatic carbocycles. The quantitative estimate of drug-likeness (QED) is 0.768. The minimum Gasteiger partial charge on any atom is -0.398 e. The van der Waals surface area contributed by atoms with Gasteiger partial charge in [-0.15, -0.1) is 0 Å². The summed E-state index contributed by atoms with van der Waals surface area (Å²) >= 11 is 3.38. The number of nitrogens with two attached hydrogens (primary N) is 1. The van der Waals surface area contributed by atoms with Gasteiger partial charge in [0.15, 0.2) is 0 Å². The molecule has 0 aliphatic carbocycles. The molecule has 0 spiro atoms. The highest BCUT2D eigenvalue weighted by molar-refractivity contribution is 9.10. The molecule has 70 valence electrons. The molecule has 13 heavy (non-hydrogen) atoms. The van der Waals surface area contributed by atoms with Gasteiger partial charge < -0.3 is 10.5 Å². The number of hydrogen-bond donors (Lipinski definition) is 1. The molecule has 0 amide bonds. The van der Waals surface area contributed by atoms with E-state index in [1.54, 1.807) is 0 Å². The van der Waals surface area contributed by atoms with Crippen LogP contribution >= 0.6 is 15.9 Å². The van der Waals surface area contributed by atoms with Gasteiger partial charge in [0.25, 0.3) is 0 Å². The minimum atomic E-state index is 0.537. The van der Waals surface area contributed by atoms with E-state index in [9.17, 15) is 0 Å². The Hall–Kier alpha value is -0.540. The Morgan fingerprint density at radius 3 is 2.92 bits per heavy atom. The molecule has 1 aliphatic heterocycles. The van der Waals surface area contributed by atoms with Gasteiger partial charge in [-0.05, 0) is 40.0 Å². The standard InChI is InChI=1S/C10H12BrNO/c11-9-2-1-7(5-10(9)12)8-3-4-13-6-8/h1-2,5,8H,3-4,6,12H2. The van der Waals surface area contributed by atoms with Gasteiger partial charge in [-0.25, -0.2) is 0 Å². The van der Waals surface area contributed by atoms with Crippen LogP contribution in [0.5, 0.6) is 0 Å². The van der Waals surface area contributed by atoms with Crippen molar-refractivity contribution in [3.8, 4) is 0 Å². The summed E-state index contributed by atoms with van der Waals surface area (Å²) in [6.45, 7) is 1.71. The summed E-state index contributed by atoms with van der Waals surface area (Å²) in [5.41, 5.74) is 7.90. The van der Waals surface area contributed by atoms with Crippen molar-refractivity contribution in [2.45, 2.75) is 12.3 Å². The smallest absolute Gasteiger partial charge is 0.0535 e. The van der Waals surface area contributed by atoms with Crippen LogP contribution in [0.4, 0.5) is 5.69 Å². The Morgan fingerprint density at radius 1 is 1.46 bits per heavy atom. The first kappa shape index (κ1) is 9.03. The normalized spacial score (nSPS) is 22.1. The third-order valence-corrected chi connectivity index (χ3v) is 3.14. The maximum atomic E-state index is 5.80. The number of rotatable bonds is 1. The van der Waals surface area contributed by atoms with E-state index in [-0.39, 0.29) is 0 Å². The lowest BCUT2D eigenvalue weighted by Crippen LogP contribution is -1.98. The Balaban J connectivity index is 2.25. The summed E-state index contributed by atoms with van der Waals surface area (Å²) in [7, 11) is 0. The summed E-state index contributed by atoms with van der Waals surface area (Å²) in [6.07, 6.45) is 1.11. The van der Waals surface area contributed by atoms with E-state index in [1.165, 1.54) is 5.56 Å². The topological polar surface area (TPSA) is 35.2 Å². The average molecular weight is 242 g/mol. The lowest BCUT2D eigenvalue weighted by Gasteiger charge is -2.09. The van der Waals surface area contributed by atoms with Crippen LogP contribution in [0, 0.1) is 0 Å². The number of ether oxygens (including phenoxy) is 1. The molecular weight excluding hydrogens is 230 g/mol. The van der Waals surface area contributed by atoms with E-state index < -0.39 is 0 Å². The first-order chi connectivity index (χ1) is 6.27. The van der Waals surface area contributed by atoms with Gasteiger partial charge in [0.05, 0.1) is 6.61 Å². The maximum absolute atomic E-state index is 5.80. The molecule has 1 atom stereocenters. The monoisotopic (exact) mass is 241 g/mol. The van der Waals surface area contributed by atoms with E-state index >= 15 is 0 Å². The maximum Gasteiger partial charge on any atom is 0.0535 e. The van der Waals surface area contributed by atoms with Gasteiger partial charge in [-0.3, -0.25) is 0 Å². The minimum absolute atomic E-state index is 0.537. The summed E-state index contributed by atoms with van der Waals surface area (Å²) in [4.78, 5) is 0. The van der Waals surface area contributed by atoms with Crippen molar-refractivity contribution in [3.05, 3.63) is 28.2 Å². The molecule has 2 nitrogen and oxygen atoms in total. The van der Waals surface area contributed by atoms with E-state index in [2.05, 4.69) is 22.0 Å². The van der Waals surface area contributed by atoms with Crippen LogP contribution < -0.4 is 5.73 Å². The molecule has 1 aliphatic rings. The molecule has 1 unspecified atom stereocenters.